The van der Waals surface area contributed by atoms with Crippen LogP contribution >= 0.6 is 11.8 Å². The highest BCUT2D eigenvalue weighted by atomic mass is 32.2. The van der Waals surface area contributed by atoms with Crippen LogP contribution in [0.3, 0.4) is 0 Å². The van der Waals surface area contributed by atoms with Crippen molar-refractivity contribution in [3.63, 3.8) is 0 Å². The van der Waals surface area contributed by atoms with Crippen LogP contribution < -0.4 is 4.90 Å². The molecule has 0 saturated heterocycles. The van der Waals surface area contributed by atoms with Crippen LogP contribution in [0.4, 0.5) is 11.5 Å². The fourth-order valence-corrected chi connectivity index (χ4v) is 3.57. The van der Waals surface area contributed by atoms with Crippen molar-refractivity contribution >= 4 is 23.3 Å². The van der Waals surface area contributed by atoms with Gasteiger partial charge in [0.05, 0.1) is 31.2 Å². The largest absolute Gasteiger partial charge is 0.633 e. The number of quaternary nitrogens is 1. The molecule has 0 atom stereocenters. The van der Waals surface area contributed by atoms with Gasteiger partial charge in [0.2, 0.25) is 0 Å². The highest BCUT2D eigenvalue weighted by molar-refractivity contribution is 7.99. The molecule has 4 nitrogen and oxygen atoms in total. The second-order valence-corrected chi connectivity index (χ2v) is 6.78. The molecule has 0 unspecified atom stereocenters. The number of para-hydroxylation sites is 1. The highest BCUT2D eigenvalue weighted by Gasteiger charge is 2.23. The van der Waals surface area contributed by atoms with Crippen molar-refractivity contribution in [1.82, 2.24) is 4.98 Å². The van der Waals surface area contributed by atoms with Gasteiger partial charge in [0.25, 0.3) is 0 Å². The summed E-state index contributed by atoms with van der Waals surface area (Å²) in [5.41, 5.74) is 1.19. The Kier molecular flexibility index (Phi) is 3.89. The molecule has 5 heteroatoms. The van der Waals surface area contributed by atoms with Crippen LogP contribution in [0.2, 0.25) is 0 Å². The number of fused-ring (bicyclic) bond motifs is 2. The molecule has 0 aliphatic carbocycles. The van der Waals surface area contributed by atoms with Crippen molar-refractivity contribution in [2.75, 3.05) is 32.1 Å². The van der Waals surface area contributed by atoms with E-state index in [2.05, 4.69) is 34.1 Å². The summed E-state index contributed by atoms with van der Waals surface area (Å²) in [5, 5.41) is 11.7. The third-order valence-electron chi connectivity index (χ3n) is 3.46. The number of nitrogens with zero attached hydrogens (tertiary/aromatic N) is 3. The normalized spacial score (nSPS) is 13.8. The molecule has 0 fully saturated rings. The first kappa shape index (κ1) is 14.4. The minimum atomic E-state index is -0.251. The number of anilines is 2. The van der Waals surface area contributed by atoms with Crippen molar-refractivity contribution in [3.8, 4) is 0 Å². The lowest BCUT2D eigenvalue weighted by Gasteiger charge is -2.36. The monoisotopic (exact) mass is 301 g/mol. The lowest BCUT2D eigenvalue weighted by atomic mass is 10.2. The van der Waals surface area contributed by atoms with Gasteiger partial charge in [0, 0.05) is 24.1 Å². The van der Waals surface area contributed by atoms with Gasteiger partial charge in [0.1, 0.15) is 5.82 Å². The first-order valence-corrected chi connectivity index (χ1v) is 7.90. The maximum atomic E-state index is 11.7. The zero-order valence-corrected chi connectivity index (χ0v) is 13.1. The number of hydrogen-bond acceptors (Lipinski definition) is 4. The summed E-state index contributed by atoms with van der Waals surface area (Å²) in [6.45, 7) is 1.42. The quantitative estimate of drug-likeness (QED) is 0.638. The zero-order chi connectivity index (χ0) is 14.9. The molecule has 21 heavy (non-hydrogen) atoms. The van der Waals surface area contributed by atoms with Crippen molar-refractivity contribution < 1.29 is 4.65 Å². The van der Waals surface area contributed by atoms with E-state index in [4.69, 9.17) is 0 Å². The van der Waals surface area contributed by atoms with Gasteiger partial charge in [-0.05, 0) is 24.3 Å². The first-order chi connectivity index (χ1) is 10.0. The predicted molar refractivity (Wildman–Crippen MR) is 86.8 cm³/mol. The highest BCUT2D eigenvalue weighted by Crippen LogP contribution is 2.46. The Balaban J connectivity index is 1.88. The summed E-state index contributed by atoms with van der Waals surface area (Å²) in [5.74, 6) is 0.998. The van der Waals surface area contributed by atoms with E-state index < -0.39 is 0 Å². The van der Waals surface area contributed by atoms with Crippen molar-refractivity contribution in [2.45, 2.75) is 16.2 Å². The van der Waals surface area contributed by atoms with Crippen LogP contribution in [0.5, 0.6) is 0 Å². The molecule has 0 spiro atoms. The van der Waals surface area contributed by atoms with Gasteiger partial charge < -0.3 is 14.8 Å². The number of hydroxylamine groups is 3. The van der Waals surface area contributed by atoms with Gasteiger partial charge in [-0.1, -0.05) is 23.9 Å². The van der Waals surface area contributed by atoms with E-state index in [0.29, 0.717) is 6.54 Å². The Morgan fingerprint density at radius 1 is 1.14 bits per heavy atom. The average Bonchev–Trinajstić information content (AvgIpc) is 2.45. The Labute approximate surface area is 129 Å². The molecule has 0 amide bonds. The fourth-order valence-electron chi connectivity index (χ4n) is 2.50. The van der Waals surface area contributed by atoms with Gasteiger partial charge in [-0.15, -0.1) is 0 Å². The third-order valence-corrected chi connectivity index (χ3v) is 4.56. The minimum Gasteiger partial charge on any atom is -0.633 e. The van der Waals surface area contributed by atoms with Gasteiger partial charge in [-0.25, -0.2) is 4.98 Å². The molecular formula is C16H19N3OS. The molecule has 1 aliphatic heterocycles. The molecule has 0 saturated carbocycles. The maximum Gasteiger partial charge on any atom is 0.147 e. The summed E-state index contributed by atoms with van der Waals surface area (Å²) in [7, 11) is 3.37. The summed E-state index contributed by atoms with van der Waals surface area (Å²) < 4.78 is -0.251. The molecule has 0 N–H and O–H groups in total. The summed E-state index contributed by atoms with van der Waals surface area (Å²) in [6, 6.07) is 12.4. The third kappa shape index (κ3) is 3.20. The van der Waals surface area contributed by atoms with Gasteiger partial charge in [-0.2, -0.15) is 0 Å². The van der Waals surface area contributed by atoms with Gasteiger partial charge in [-0.3, -0.25) is 0 Å². The maximum absolute atomic E-state index is 11.7. The number of aromatic nitrogens is 1. The molecule has 110 valence electrons. The Morgan fingerprint density at radius 2 is 1.90 bits per heavy atom. The molecule has 1 aromatic carbocycles. The van der Waals surface area contributed by atoms with Crippen LogP contribution in [0.1, 0.15) is 6.42 Å². The van der Waals surface area contributed by atoms with E-state index in [1.807, 2.05) is 18.3 Å². The average molecular weight is 301 g/mol. The summed E-state index contributed by atoms with van der Waals surface area (Å²) in [4.78, 5) is 9.19. The second kappa shape index (κ2) is 5.67. The zero-order valence-electron chi connectivity index (χ0n) is 12.3. The topological polar surface area (TPSA) is 39.2 Å². The smallest absolute Gasteiger partial charge is 0.147 e. The number of hydrogen-bond donors (Lipinski definition) is 0. The Bertz CT molecular complexity index is 594. The molecule has 3 rings (SSSR count). The van der Waals surface area contributed by atoms with Crippen molar-refractivity contribution in [1.29, 1.82) is 0 Å². The standard InChI is InChI=1S/C16H19N3OS/c1-19(2,20)12-6-11-18-13-7-3-4-8-14(13)21-15-9-5-10-17-16(15)18/h3-5,7-10H,6,11-12H2,1-2H3. The molecule has 2 heterocycles. The number of pyridine rings is 1. The molecule has 1 aromatic heterocycles. The van der Waals surface area contributed by atoms with Gasteiger partial charge >= 0.3 is 0 Å². The van der Waals surface area contributed by atoms with Crippen LogP contribution in [0.25, 0.3) is 0 Å². The Hall–Kier alpha value is -1.56. The predicted octanol–water partition coefficient (Wildman–Crippen LogP) is 3.65. The minimum absolute atomic E-state index is 0.251. The molecule has 0 radical (unpaired) electrons. The fraction of sp³-hybridized carbons (Fsp3) is 0.312. The van der Waals surface area contributed by atoms with E-state index in [0.717, 1.165) is 18.8 Å². The molecular weight excluding hydrogens is 282 g/mol. The van der Waals surface area contributed by atoms with Crippen LogP contribution in [0.15, 0.2) is 52.4 Å². The Morgan fingerprint density at radius 3 is 2.71 bits per heavy atom. The van der Waals surface area contributed by atoms with Crippen LogP contribution in [-0.2, 0) is 0 Å². The van der Waals surface area contributed by atoms with Crippen molar-refractivity contribution in [2.24, 2.45) is 0 Å². The van der Waals surface area contributed by atoms with E-state index >= 15 is 0 Å². The van der Waals surface area contributed by atoms with Gasteiger partial charge in [0.15, 0.2) is 0 Å². The van der Waals surface area contributed by atoms with Crippen molar-refractivity contribution in [3.05, 3.63) is 47.8 Å². The van der Waals surface area contributed by atoms with E-state index in [9.17, 15) is 5.21 Å². The lowest BCUT2D eigenvalue weighted by Crippen LogP contribution is -2.35. The summed E-state index contributed by atoms with van der Waals surface area (Å²) in [6.07, 6.45) is 2.67. The first-order valence-electron chi connectivity index (χ1n) is 7.08. The van der Waals surface area contributed by atoms with E-state index in [-0.39, 0.29) is 4.65 Å². The van der Waals surface area contributed by atoms with E-state index in [1.165, 1.54) is 15.5 Å². The van der Waals surface area contributed by atoms with Crippen LogP contribution in [0, 0.1) is 5.21 Å². The molecule has 0 bridgehead atoms. The number of rotatable bonds is 4. The molecule has 2 aromatic rings. The SMILES string of the molecule is C[N+](C)([O-])CCCN1c2ccccc2Sc2cccnc21. The second-order valence-electron chi connectivity index (χ2n) is 5.70. The number of benzene rings is 1. The van der Waals surface area contributed by atoms with E-state index in [1.54, 1.807) is 25.9 Å². The van der Waals surface area contributed by atoms with Crippen LogP contribution in [-0.4, -0.2) is 36.8 Å². The lowest BCUT2D eigenvalue weighted by molar-refractivity contribution is -0.840. The summed E-state index contributed by atoms with van der Waals surface area (Å²) >= 11 is 1.76. The molecule has 1 aliphatic rings.